The van der Waals surface area contributed by atoms with Crippen LogP contribution in [0.5, 0.6) is 0 Å². The van der Waals surface area contributed by atoms with Gasteiger partial charge in [-0.25, -0.2) is 0 Å². The molecule has 2 aromatic rings. The average Bonchev–Trinajstić information content (AvgIpc) is 3.41. The molecule has 1 unspecified atom stereocenters. The molecule has 4 heteroatoms. The second-order valence-electron chi connectivity index (χ2n) is 6.93. The molecule has 0 bridgehead atoms. The van der Waals surface area contributed by atoms with Crippen molar-refractivity contribution in [2.24, 2.45) is 0 Å². The van der Waals surface area contributed by atoms with Gasteiger partial charge in [-0.2, -0.15) is 0 Å². The van der Waals surface area contributed by atoms with Gasteiger partial charge in [-0.3, -0.25) is 9.69 Å². The maximum Gasteiger partial charge on any atom is 0.234 e. The third kappa shape index (κ3) is 5.07. The van der Waals surface area contributed by atoms with E-state index in [9.17, 15) is 4.79 Å². The van der Waals surface area contributed by atoms with E-state index in [0.717, 1.165) is 12.1 Å². The van der Waals surface area contributed by atoms with Crippen LogP contribution < -0.4 is 5.32 Å². The SMILES string of the molecule is Cc1ccc(CN(CC(=O)NC(C)c2ccccc2Cl)C2CC2)cc1. The minimum absolute atomic E-state index is 0.0476. The van der Waals surface area contributed by atoms with Crippen molar-refractivity contribution in [3.63, 3.8) is 0 Å². The van der Waals surface area contributed by atoms with Crippen LogP contribution in [0.15, 0.2) is 48.5 Å². The molecule has 1 N–H and O–H groups in total. The van der Waals surface area contributed by atoms with E-state index in [1.165, 1.54) is 24.0 Å². The number of rotatable bonds is 7. The molecule has 0 radical (unpaired) electrons. The number of carbonyl (C=O) groups excluding carboxylic acids is 1. The second kappa shape index (κ2) is 8.03. The minimum atomic E-state index is -0.0957. The van der Waals surface area contributed by atoms with Gasteiger partial charge in [-0.15, -0.1) is 0 Å². The van der Waals surface area contributed by atoms with Crippen LogP contribution in [0.25, 0.3) is 0 Å². The zero-order chi connectivity index (χ0) is 17.8. The zero-order valence-corrected chi connectivity index (χ0v) is 15.6. The Balaban J connectivity index is 1.59. The van der Waals surface area contributed by atoms with Crippen LogP contribution in [-0.4, -0.2) is 23.4 Å². The van der Waals surface area contributed by atoms with Crippen molar-refractivity contribution in [3.8, 4) is 0 Å². The molecule has 3 rings (SSSR count). The van der Waals surface area contributed by atoms with E-state index >= 15 is 0 Å². The predicted octanol–water partition coefficient (Wildman–Crippen LogP) is 4.49. The largest absolute Gasteiger partial charge is 0.348 e. The number of nitrogens with zero attached hydrogens (tertiary/aromatic N) is 1. The minimum Gasteiger partial charge on any atom is -0.348 e. The lowest BCUT2D eigenvalue weighted by Gasteiger charge is -2.23. The van der Waals surface area contributed by atoms with Gasteiger partial charge in [-0.05, 0) is 43.9 Å². The van der Waals surface area contributed by atoms with Crippen LogP contribution >= 0.6 is 11.6 Å². The van der Waals surface area contributed by atoms with E-state index in [4.69, 9.17) is 11.6 Å². The summed E-state index contributed by atoms with van der Waals surface area (Å²) in [4.78, 5) is 14.8. The lowest BCUT2D eigenvalue weighted by molar-refractivity contribution is -0.123. The van der Waals surface area contributed by atoms with Gasteiger partial charge in [0.25, 0.3) is 0 Å². The smallest absolute Gasteiger partial charge is 0.234 e. The Bertz CT molecular complexity index is 725. The molecule has 132 valence electrons. The first-order chi connectivity index (χ1) is 12.0. The molecule has 0 spiro atoms. The van der Waals surface area contributed by atoms with E-state index in [2.05, 4.69) is 41.4 Å². The molecule has 2 aromatic carbocycles. The van der Waals surface area contributed by atoms with Gasteiger partial charge >= 0.3 is 0 Å². The molecule has 1 fully saturated rings. The van der Waals surface area contributed by atoms with Crippen molar-refractivity contribution in [1.82, 2.24) is 10.2 Å². The molecular weight excluding hydrogens is 332 g/mol. The molecule has 25 heavy (non-hydrogen) atoms. The Labute approximate surface area is 155 Å². The summed E-state index contributed by atoms with van der Waals surface area (Å²) in [5.41, 5.74) is 3.46. The summed E-state index contributed by atoms with van der Waals surface area (Å²) < 4.78 is 0. The molecule has 1 saturated carbocycles. The summed E-state index contributed by atoms with van der Waals surface area (Å²) in [6.45, 7) is 5.30. The maximum atomic E-state index is 12.5. The Morgan fingerprint density at radius 3 is 2.52 bits per heavy atom. The van der Waals surface area contributed by atoms with Gasteiger partial charge in [-0.1, -0.05) is 59.6 Å². The fraction of sp³-hybridized carbons (Fsp3) is 0.381. The summed E-state index contributed by atoms with van der Waals surface area (Å²) in [6, 6.07) is 16.6. The third-order valence-electron chi connectivity index (χ3n) is 4.67. The van der Waals surface area contributed by atoms with Crippen molar-refractivity contribution in [2.45, 2.75) is 45.3 Å². The molecule has 1 aliphatic rings. The summed E-state index contributed by atoms with van der Waals surface area (Å²) in [6.07, 6.45) is 2.36. The van der Waals surface area contributed by atoms with Crippen LogP contribution in [0.3, 0.4) is 0 Å². The highest BCUT2D eigenvalue weighted by atomic mass is 35.5. The van der Waals surface area contributed by atoms with Crippen molar-refractivity contribution < 1.29 is 4.79 Å². The Morgan fingerprint density at radius 2 is 1.88 bits per heavy atom. The molecule has 0 saturated heterocycles. The van der Waals surface area contributed by atoms with Gasteiger partial charge in [0.15, 0.2) is 0 Å². The molecule has 0 heterocycles. The highest BCUT2D eigenvalue weighted by molar-refractivity contribution is 6.31. The highest BCUT2D eigenvalue weighted by Gasteiger charge is 2.30. The number of hydrogen-bond acceptors (Lipinski definition) is 2. The summed E-state index contributed by atoms with van der Waals surface area (Å²) in [7, 11) is 0. The lowest BCUT2D eigenvalue weighted by Crippen LogP contribution is -2.39. The summed E-state index contributed by atoms with van der Waals surface area (Å²) in [5, 5.41) is 3.77. The molecular formula is C21H25ClN2O. The van der Waals surface area contributed by atoms with Crippen LogP contribution in [0.4, 0.5) is 0 Å². The summed E-state index contributed by atoms with van der Waals surface area (Å²) >= 11 is 6.23. The number of benzene rings is 2. The van der Waals surface area contributed by atoms with E-state index in [1.54, 1.807) is 0 Å². The van der Waals surface area contributed by atoms with E-state index in [-0.39, 0.29) is 11.9 Å². The van der Waals surface area contributed by atoms with E-state index in [0.29, 0.717) is 17.6 Å². The fourth-order valence-electron chi connectivity index (χ4n) is 3.06. The van der Waals surface area contributed by atoms with Crippen LogP contribution in [0.2, 0.25) is 5.02 Å². The number of carbonyl (C=O) groups is 1. The normalized spacial score (nSPS) is 15.2. The van der Waals surface area contributed by atoms with Gasteiger partial charge in [0.2, 0.25) is 5.91 Å². The first-order valence-electron chi connectivity index (χ1n) is 8.86. The Morgan fingerprint density at radius 1 is 1.20 bits per heavy atom. The molecule has 3 nitrogen and oxygen atoms in total. The average molecular weight is 357 g/mol. The number of amides is 1. The third-order valence-corrected chi connectivity index (χ3v) is 5.01. The first-order valence-corrected chi connectivity index (χ1v) is 9.24. The van der Waals surface area contributed by atoms with E-state index in [1.807, 2.05) is 31.2 Å². The Hall–Kier alpha value is -1.84. The first kappa shape index (κ1) is 18.0. The van der Waals surface area contributed by atoms with Crippen molar-refractivity contribution in [2.75, 3.05) is 6.54 Å². The van der Waals surface area contributed by atoms with Gasteiger partial charge < -0.3 is 5.32 Å². The number of aryl methyl sites for hydroxylation is 1. The fourth-order valence-corrected chi connectivity index (χ4v) is 3.36. The molecule has 0 aliphatic heterocycles. The number of halogens is 1. The number of nitrogens with one attached hydrogen (secondary N) is 1. The van der Waals surface area contributed by atoms with Crippen molar-refractivity contribution in [3.05, 3.63) is 70.2 Å². The topological polar surface area (TPSA) is 32.3 Å². The molecule has 0 aromatic heterocycles. The monoisotopic (exact) mass is 356 g/mol. The van der Waals surface area contributed by atoms with Gasteiger partial charge in [0, 0.05) is 17.6 Å². The summed E-state index contributed by atoms with van der Waals surface area (Å²) in [5.74, 6) is 0.0476. The van der Waals surface area contributed by atoms with Crippen LogP contribution in [0, 0.1) is 6.92 Å². The predicted molar refractivity (Wildman–Crippen MR) is 103 cm³/mol. The second-order valence-corrected chi connectivity index (χ2v) is 7.34. The highest BCUT2D eigenvalue weighted by Crippen LogP contribution is 2.28. The maximum absolute atomic E-state index is 12.5. The number of hydrogen-bond donors (Lipinski definition) is 1. The van der Waals surface area contributed by atoms with Crippen molar-refractivity contribution in [1.29, 1.82) is 0 Å². The van der Waals surface area contributed by atoms with Crippen molar-refractivity contribution >= 4 is 17.5 Å². The zero-order valence-electron chi connectivity index (χ0n) is 14.8. The van der Waals surface area contributed by atoms with Crippen LogP contribution in [-0.2, 0) is 11.3 Å². The molecule has 1 amide bonds. The quantitative estimate of drug-likeness (QED) is 0.792. The van der Waals surface area contributed by atoms with Gasteiger partial charge in [0.05, 0.1) is 12.6 Å². The van der Waals surface area contributed by atoms with Gasteiger partial charge in [0.1, 0.15) is 0 Å². The van der Waals surface area contributed by atoms with E-state index < -0.39 is 0 Å². The van der Waals surface area contributed by atoms with Crippen LogP contribution in [0.1, 0.15) is 42.5 Å². The molecule has 1 aliphatic carbocycles. The standard InChI is InChI=1S/C21H25ClN2O/c1-15-7-9-17(10-8-15)13-24(18-11-12-18)14-21(25)23-16(2)19-5-3-4-6-20(19)22/h3-10,16,18H,11-14H2,1-2H3,(H,23,25). The Kier molecular flexibility index (Phi) is 5.77. The lowest BCUT2D eigenvalue weighted by atomic mass is 10.1. The molecule has 1 atom stereocenters.